The summed E-state index contributed by atoms with van der Waals surface area (Å²) in [5, 5.41) is 9.56. The number of hydrogen-bond donors (Lipinski definition) is 1. The van der Waals surface area contributed by atoms with E-state index in [-0.39, 0.29) is 6.42 Å². The Bertz CT molecular complexity index is 327. The number of rotatable bonds is 4. The van der Waals surface area contributed by atoms with Crippen molar-refractivity contribution in [1.82, 2.24) is 9.55 Å². The minimum absolute atomic E-state index is 0.231. The summed E-state index contributed by atoms with van der Waals surface area (Å²) in [5.41, 5.74) is 1.02. The summed E-state index contributed by atoms with van der Waals surface area (Å²) in [7, 11) is 0. The van der Waals surface area contributed by atoms with Gasteiger partial charge in [0, 0.05) is 24.9 Å². The molecule has 1 aromatic rings. The lowest BCUT2D eigenvalue weighted by Gasteiger charge is -1.93. The van der Waals surface area contributed by atoms with Crippen molar-refractivity contribution < 1.29 is 9.90 Å². The summed E-state index contributed by atoms with van der Waals surface area (Å²) >= 11 is 1.76. The molecule has 0 aromatic carbocycles. The molecule has 14 heavy (non-hydrogen) atoms. The van der Waals surface area contributed by atoms with E-state index in [1.807, 2.05) is 6.20 Å². The van der Waals surface area contributed by atoms with Crippen LogP contribution >= 0.6 is 11.8 Å². The van der Waals surface area contributed by atoms with Crippen molar-refractivity contribution in [2.75, 3.05) is 5.75 Å². The lowest BCUT2D eigenvalue weighted by molar-refractivity contribution is -0.137. The van der Waals surface area contributed by atoms with Crippen LogP contribution < -0.4 is 0 Å². The van der Waals surface area contributed by atoms with Gasteiger partial charge in [0.25, 0.3) is 0 Å². The molecule has 0 radical (unpaired) electrons. The molecule has 0 saturated carbocycles. The number of aryl methyl sites for hydroxylation is 2. The number of fused-ring (bicyclic) bond motifs is 1. The van der Waals surface area contributed by atoms with E-state index >= 15 is 0 Å². The van der Waals surface area contributed by atoms with Crippen molar-refractivity contribution in [3.05, 3.63) is 11.9 Å². The van der Waals surface area contributed by atoms with Gasteiger partial charge in [0.2, 0.25) is 0 Å². The molecular formula is C9H12N2O2S. The molecule has 4 nitrogen and oxygen atoms in total. The zero-order valence-electron chi connectivity index (χ0n) is 7.77. The Kier molecular flexibility index (Phi) is 2.77. The van der Waals surface area contributed by atoms with Crippen molar-refractivity contribution in [2.45, 2.75) is 31.0 Å². The zero-order valence-corrected chi connectivity index (χ0v) is 8.59. The molecule has 2 rings (SSSR count). The van der Waals surface area contributed by atoms with Crippen LogP contribution in [-0.4, -0.2) is 26.4 Å². The van der Waals surface area contributed by atoms with Gasteiger partial charge < -0.3 is 9.67 Å². The molecule has 76 valence electrons. The van der Waals surface area contributed by atoms with Gasteiger partial charge in [-0.25, -0.2) is 4.98 Å². The lowest BCUT2D eigenvalue weighted by Crippen LogP contribution is -1.96. The van der Waals surface area contributed by atoms with Gasteiger partial charge in [0.15, 0.2) is 5.16 Å². The minimum Gasteiger partial charge on any atom is -0.481 e. The van der Waals surface area contributed by atoms with Gasteiger partial charge >= 0.3 is 5.97 Å². The number of thioether (sulfide) groups is 1. The topological polar surface area (TPSA) is 55.1 Å². The number of aliphatic carboxylic acids is 1. The molecule has 0 bridgehead atoms. The predicted molar refractivity (Wildman–Crippen MR) is 53.5 cm³/mol. The number of nitrogens with zero attached hydrogens (tertiary/aromatic N) is 2. The van der Waals surface area contributed by atoms with Gasteiger partial charge in [-0.15, -0.1) is 0 Å². The van der Waals surface area contributed by atoms with Gasteiger partial charge in [0.05, 0.1) is 5.69 Å². The maximum Gasteiger partial charge on any atom is 0.303 e. The highest BCUT2D eigenvalue weighted by Gasteiger charge is 2.13. The van der Waals surface area contributed by atoms with E-state index in [0.717, 1.165) is 29.6 Å². The molecule has 1 N–H and O–H groups in total. The third-order valence-electron chi connectivity index (χ3n) is 2.18. The fourth-order valence-electron chi connectivity index (χ4n) is 1.50. The third-order valence-corrected chi connectivity index (χ3v) is 3.15. The molecule has 0 fully saturated rings. The molecule has 0 aliphatic carbocycles. The van der Waals surface area contributed by atoms with Crippen LogP contribution in [-0.2, 0) is 17.8 Å². The van der Waals surface area contributed by atoms with Crippen molar-refractivity contribution in [1.29, 1.82) is 0 Å². The van der Waals surface area contributed by atoms with E-state index in [1.165, 1.54) is 0 Å². The van der Waals surface area contributed by atoms with E-state index in [0.29, 0.717) is 6.42 Å². The van der Waals surface area contributed by atoms with Crippen LogP contribution in [0.4, 0.5) is 0 Å². The summed E-state index contributed by atoms with van der Waals surface area (Å²) in [5.74, 6) is 0.378. The first-order valence-corrected chi connectivity index (χ1v) is 5.65. The average molecular weight is 212 g/mol. The van der Waals surface area contributed by atoms with E-state index in [4.69, 9.17) is 5.11 Å². The lowest BCUT2D eigenvalue weighted by atomic mass is 10.2. The minimum atomic E-state index is -0.730. The molecule has 2 heterocycles. The highest BCUT2D eigenvalue weighted by Crippen LogP contribution is 2.24. The van der Waals surface area contributed by atoms with Gasteiger partial charge in [-0.3, -0.25) is 4.79 Å². The van der Waals surface area contributed by atoms with Crippen LogP contribution in [0.3, 0.4) is 0 Å². The number of imidazole rings is 1. The van der Waals surface area contributed by atoms with Gasteiger partial charge in [-0.1, -0.05) is 11.8 Å². The van der Waals surface area contributed by atoms with Crippen LogP contribution in [0, 0.1) is 0 Å². The highest BCUT2D eigenvalue weighted by atomic mass is 32.2. The average Bonchev–Trinajstić information content (AvgIpc) is 2.62. The molecule has 0 spiro atoms. The number of carboxylic acid groups (broad SMARTS) is 1. The Labute approximate surface area is 86.3 Å². The Morgan fingerprint density at radius 2 is 2.57 bits per heavy atom. The summed E-state index contributed by atoms with van der Waals surface area (Å²) < 4.78 is 2.14. The Morgan fingerprint density at radius 1 is 1.71 bits per heavy atom. The summed E-state index contributed by atoms with van der Waals surface area (Å²) in [6.07, 6.45) is 3.72. The quantitative estimate of drug-likeness (QED) is 0.819. The molecule has 0 amide bonds. The number of carbonyl (C=O) groups is 1. The van der Waals surface area contributed by atoms with E-state index < -0.39 is 5.97 Å². The predicted octanol–water partition coefficient (Wildman–Crippen LogP) is 1.40. The smallest absolute Gasteiger partial charge is 0.303 e. The molecule has 5 heteroatoms. The van der Waals surface area contributed by atoms with Crippen LogP contribution in [0.1, 0.15) is 18.5 Å². The second-order valence-corrected chi connectivity index (χ2v) is 4.37. The molecule has 0 saturated heterocycles. The van der Waals surface area contributed by atoms with Crippen molar-refractivity contribution in [3.63, 3.8) is 0 Å². The highest BCUT2D eigenvalue weighted by molar-refractivity contribution is 7.99. The van der Waals surface area contributed by atoms with E-state index in [1.54, 1.807) is 11.8 Å². The van der Waals surface area contributed by atoms with E-state index in [2.05, 4.69) is 9.55 Å². The second kappa shape index (κ2) is 4.04. The molecular weight excluding hydrogens is 200 g/mol. The van der Waals surface area contributed by atoms with Crippen LogP contribution in [0.25, 0.3) is 0 Å². The molecule has 1 aliphatic heterocycles. The monoisotopic (exact) mass is 212 g/mol. The van der Waals surface area contributed by atoms with Crippen molar-refractivity contribution >= 4 is 17.7 Å². The van der Waals surface area contributed by atoms with Gasteiger partial charge in [0.1, 0.15) is 0 Å². The molecule has 0 unspecified atom stereocenters. The Balaban J connectivity index is 1.88. The number of carboxylic acids is 1. The summed E-state index contributed by atoms with van der Waals surface area (Å²) in [6, 6.07) is 0. The fraction of sp³-hybridized carbons (Fsp3) is 0.556. The standard InChI is InChI=1S/C9H12N2O2S/c12-8(13)3-1-2-7-6-11-4-5-14-9(11)10-7/h6H,1-5H2,(H,12,13). The third kappa shape index (κ3) is 2.09. The fourth-order valence-corrected chi connectivity index (χ4v) is 2.47. The second-order valence-electron chi connectivity index (χ2n) is 3.30. The number of hydrogen-bond acceptors (Lipinski definition) is 3. The first-order valence-electron chi connectivity index (χ1n) is 4.66. The zero-order chi connectivity index (χ0) is 9.97. The molecule has 0 atom stereocenters. The van der Waals surface area contributed by atoms with Gasteiger partial charge in [-0.05, 0) is 12.8 Å². The van der Waals surface area contributed by atoms with Crippen LogP contribution in [0.15, 0.2) is 11.4 Å². The maximum absolute atomic E-state index is 10.3. The molecule has 1 aliphatic rings. The normalized spacial score (nSPS) is 14.3. The Hall–Kier alpha value is -0.970. The van der Waals surface area contributed by atoms with Crippen LogP contribution in [0.2, 0.25) is 0 Å². The van der Waals surface area contributed by atoms with Gasteiger partial charge in [-0.2, -0.15) is 0 Å². The summed E-state index contributed by atoms with van der Waals surface area (Å²) in [6.45, 7) is 1.03. The van der Waals surface area contributed by atoms with Crippen LogP contribution in [0.5, 0.6) is 0 Å². The first-order chi connectivity index (χ1) is 6.75. The largest absolute Gasteiger partial charge is 0.481 e. The first kappa shape index (κ1) is 9.58. The Morgan fingerprint density at radius 3 is 3.29 bits per heavy atom. The van der Waals surface area contributed by atoms with Crippen molar-refractivity contribution in [3.8, 4) is 0 Å². The van der Waals surface area contributed by atoms with Crippen molar-refractivity contribution in [2.24, 2.45) is 0 Å². The molecule has 1 aromatic heterocycles. The number of aromatic nitrogens is 2. The maximum atomic E-state index is 10.3. The van der Waals surface area contributed by atoms with E-state index in [9.17, 15) is 4.79 Å². The summed E-state index contributed by atoms with van der Waals surface area (Å²) in [4.78, 5) is 14.7. The SMILES string of the molecule is O=C(O)CCCc1cn2c(n1)SCC2.